The number of amidine groups is 1. The van der Waals surface area contributed by atoms with Crippen LogP contribution in [0.3, 0.4) is 0 Å². The van der Waals surface area contributed by atoms with Gasteiger partial charge < -0.3 is 10.6 Å². The Hall–Kier alpha value is -1.75. The molecular formula is C15H20N4S. The Kier molecular flexibility index (Phi) is 4.49. The molecule has 4 nitrogen and oxygen atoms in total. The quantitative estimate of drug-likeness (QED) is 0.656. The predicted octanol–water partition coefficient (Wildman–Crippen LogP) is 2.71. The molecule has 2 rings (SSSR count). The highest BCUT2D eigenvalue weighted by atomic mass is 32.2. The Morgan fingerprint density at radius 3 is 2.80 bits per heavy atom. The predicted molar refractivity (Wildman–Crippen MR) is 89.0 cm³/mol. The lowest BCUT2D eigenvalue weighted by Crippen LogP contribution is -2.33. The van der Waals surface area contributed by atoms with Crippen LogP contribution in [0.15, 0.2) is 30.3 Å². The van der Waals surface area contributed by atoms with Gasteiger partial charge in [0.2, 0.25) is 0 Å². The second kappa shape index (κ2) is 6.13. The second-order valence-electron chi connectivity index (χ2n) is 4.88. The van der Waals surface area contributed by atoms with E-state index in [-0.39, 0.29) is 5.84 Å². The summed E-state index contributed by atoms with van der Waals surface area (Å²) in [7, 11) is 2.00. The van der Waals surface area contributed by atoms with Crippen LogP contribution in [0.4, 0.5) is 5.82 Å². The molecule has 0 saturated heterocycles. The summed E-state index contributed by atoms with van der Waals surface area (Å²) in [5.41, 5.74) is 7.35. The number of nitrogens with zero attached hydrogens (tertiary/aromatic N) is 2. The van der Waals surface area contributed by atoms with Crippen molar-refractivity contribution in [2.75, 3.05) is 24.0 Å². The molecule has 0 amide bonds. The number of thioether (sulfide) groups is 1. The summed E-state index contributed by atoms with van der Waals surface area (Å²) in [6.45, 7) is 2.15. The molecule has 106 valence electrons. The monoisotopic (exact) mass is 288 g/mol. The number of nitrogens with two attached hydrogens (primary N) is 1. The third kappa shape index (κ3) is 2.88. The van der Waals surface area contributed by atoms with Gasteiger partial charge in [0.05, 0.1) is 11.1 Å². The van der Waals surface area contributed by atoms with Crippen molar-refractivity contribution in [3.05, 3.63) is 35.9 Å². The summed E-state index contributed by atoms with van der Waals surface area (Å²) in [6.07, 6.45) is 2.09. The summed E-state index contributed by atoms with van der Waals surface area (Å²) in [6, 6.07) is 10.2. The number of nitrogen functional groups attached to an aromatic ring is 1. The average Bonchev–Trinajstić information content (AvgIpc) is 2.45. The Bertz CT molecular complexity index is 626. The van der Waals surface area contributed by atoms with Crippen molar-refractivity contribution < 1.29 is 0 Å². The van der Waals surface area contributed by atoms with E-state index in [1.54, 1.807) is 11.8 Å². The highest BCUT2D eigenvalue weighted by molar-refractivity contribution is 7.98. The van der Waals surface area contributed by atoms with Gasteiger partial charge in [-0.05, 0) is 25.3 Å². The molecule has 5 heteroatoms. The van der Waals surface area contributed by atoms with Crippen LogP contribution in [-0.4, -0.2) is 35.9 Å². The fourth-order valence-electron chi connectivity index (χ4n) is 2.13. The Balaban J connectivity index is 2.54. The standard InChI is InChI=1S/C15H20N4S/c1-10(9-20-3)19(2)15-12(14(16)17)8-11-6-4-5-7-13(11)18-15/h4-8,10H,9H2,1-3H3,(H3,16,17). The molecule has 0 aliphatic carbocycles. The summed E-state index contributed by atoms with van der Waals surface area (Å²) in [5, 5.41) is 8.80. The second-order valence-corrected chi connectivity index (χ2v) is 5.79. The number of hydrogen-bond donors (Lipinski definition) is 2. The highest BCUT2D eigenvalue weighted by Gasteiger charge is 2.17. The lowest BCUT2D eigenvalue weighted by atomic mass is 10.1. The van der Waals surface area contributed by atoms with Gasteiger partial charge in [0.1, 0.15) is 11.7 Å². The number of hydrogen-bond acceptors (Lipinski definition) is 4. The fraction of sp³-hybridized carbons (Fsp3) is 0.333. The molecule has 1 aromatic carbocycles. The van der Waals surface area contributed by atoms with Crippen molar-refractivity contribution in [2.45, 2.75) is 13.0 Å². The molecule has 1 unspecified atom stereocenters. The fourth-order valence-corrected chi connectivity index (χ4v) is 2.84. The Labute approximate surface area is 123 Å². The van der Waals surface area contributed by atoms with Crippen molar-refractivity contribution in [2.24, 2.45) is 5.73 Å². The largest absolute Gasteiger partial charge is 0.384 e. The van der Waals surface area contributed by atoms with E-state index in [4.69, 9.17) is 16.1 Å². The topological polar surface area (TPSA) is 66.0 Å². The van der Waals surface area contributed by atoms with Crippen LogP contribution in [0.2, 0.25) is 0 Å². The zero-order valence-corrected chi connectivity index (χ0v) is 12.9. The number of fused-ring (bicyclic) bond motifs is 1. The van der Waals surface area contributed by atoms with Gasteiger partial charge in [-0.15, -0.1) is 0 Å². The molecule has 0 aliphatic heterocycles. The first-order valence-corrected chi connectivity index (χ1v) is 7.90. The van der Waals surface area contributed by atoms with Crippen molar-refractivity contribution in [3.8, 4) is 0 Å². The van der Waals surface area contributed by atoms with Crippen molar-refractivity contribution in [1.82, 2.24) is 4.98 Å². The van der Waals surface area contributed by atoms with Crippen LogP contribution in [0.1, 0.15) is 12.5 Å². The van der Waals surface area contributed by atoms with Gasteiger partial charge in [-0.1, -0.05) is 18.2 Å². The zero-order valence-electron chi connectivity index (χ0n) is 12.1. The van der Waals surface area contributed by atoms with Gasteiger partial charge in [-0.3, -0.25) is 5.41 Å². The van der Waals surface area contributed by atoms with Crippen molar-refractivity contribution in [1.29, 1.82) is 5.41 Å². The van der Waals surface area contributed by atoms with E-state index in [0.29, 0.717) is 11.6 Å². The van der Waals surface area contributed by atoms with Crippen LogP contribution in [0.5, 0.6) is 0 Å². The van der Waals surface area contributed by atoms with Gasteiger partial charge in [0, 0.05) is 24.2 Å². The highest BCUT2D eigenvalue weighted by Crippen LogP contribution is 2.24. The molecule has 0 spiro atoms. The molecule has 0 aliphatic rings. The smallest absolute Gasteiger partial charge is 0.140 e. The Morgan fingerprint density at radius 2 is 2.15 bits per heavy atom. The van der Waals surface area contributed by atoms with Gasteiger partial charge in [-0.25, -0.2) is 4.98 Å². The zero-order chi connectivity index (χ0) is 14.7. The number of nitrogens with one attached hydrogen (secondary N) is 1. The number of benzene rings is 1. The SMILES string of the molecule is CSCC(C)N(C)c1nc2ccccc2cc1C(=N)N. The number of pyridine rings is 1. The van der Waals surface area contributed by atoms with Gasteiger partial charge in [-0.2, -0.15) is 11.8 Å². The average molecular weight is 288 g/mol. The first-order chi connectivity index (χ1) is 9.54. The normalized spacial score (nSPS) is 12.3. The molecule has 0 radical (unpaired) electrons. The van der Waals surface area contributed by atoms with E-state index in [1.807, 2.05) is 37.4 Å². The van der Waals surface area contributed by atoms with Gasteiger partial charge in [0.15, 0.2) is 0 Å². The maximum atomic E-state index is 7.79. The van der Waals surface area contributed by atoms with Crippen LogP contribution >= 0.6 is 11.8 Å². The number of anilines is 1. The van der Waals surface area contributed by atoms with E-state index in [9.17, 15) is 0 Å². The molecule has 1 heterocycles. The van der Waals surface area contributed by atoms with Crippen LogP contribution < -0.4 is 10.6 Å². The molecule has 3 N–H and O–H groups in total. The minimum absolute atomic E-state index is 0.0569. The summed E-state index contributed by atoms with van der Waals surface area (Å²) < 4.78 is 0. The van der Waals surface area contributed by atoms with Crippen LogP contribution in [-0.2, 0) is 0 Å². The van der Waals surface area contributed by atoms with Gasteiger partial charge >= 0.3 is 0 Å². The third-order valence-electron chi connectivity index (χ3n) is 3.40. The molecule has 0 saturated carbocycles. The molecule has 0 bridgehead atoms. The van der Waals surface area contributed by atoms with Gasteiger partial charge in [0.25, 0.3) is 0 Å². The molecular weight excluding hydrogens is 268 g/mol. The van der Waals surface area contributed by atoms with E-state index >= 15 is 0 Å². The lowest BCUT2D eigenvalue weighted by molar-refractivity contribution is 0.754. The third-order valence-corrected chi connectivity index (χ3v) is 4.21. The summed E-state index contributed by atoms with van der Waals surface area (Å²) >= 11 is 1.80. The maximum Gasteiger partial charge on any atom is 0.140 e. The summed E-state index contributed by atoms with van der Waals surface area (Å²) in [5.74, 6) is 1.83. The Morgan fingerprint density at radius 1 is 1.45 bits per heavy atom. The molecule has 20 heavy (non-hydrogen) atoms. The summed E-state index contributed by atoms with van der Waals surface area (Å²) in [4.78, 5) is 6.79. The molecule has 2 aromatic rings. The number of rotatable bonds is 5. The van der Waals surface area contributed by atoms with E-state index in [2.05, 4.69) is 18.1 Å². The van der Waals surface area contributed by atoms with E-state index < -0.39 is 0 Å². The van der Waals surface area contributed by atoms with Crippen LogP contribution in [0.25, 0.3) is 10.9 Å². The minimum Gasteiger partial charge on any atom is -0.384 e. The first kappa shape index (κ1) is 14.7. The maximum absolute atomic E-state index is 7.79. The van der Waals surface area contributed by atoms with Crippen LogP contribution in [0, 0.1) is 5.41 Å². The number of aromatic nitrogens is 1. The van der Waals surface area contributed by atoms with Crippen molar-refractivity contribution >= 4 is 34.3 Å². The minimum atomic E-state index is 0.0569. The van der Waals surface area contributed by atoms with E-state index in [1.165, 1.54) is 0 Å². The molecule has 1 aromatic heterocycles. The number of para-hydroxylation sites is 1. The van der Waals surface area contributed by atoms with Crippen molar-refractivity contribution in [3.63, 3.8) is 0 Å². The lowest BCUT2D eigenvalue weighted by Gasteiger charge is -2.27. The molecule has 1 atom stereocenters. The van der Waals surface area contributed by atoms with E-state index in [0.717, 1.165) is 22.5 Å². The molecule has 0 fully saturated rings. The first-order valence-electron chi connectivity index (χ1n) is 6.50.